The molecule has 3 saturated heterocycles. The Kier molecular flexibility index (Phi) is 6.76. The maximum atomic E-state index is 5.44. The van der Waals surface area contributed by atoms with Crippen LogP contribution in [-0.2, 0) is 4.74 Å². The van der Waals surface area contributed by atoms with E-state index in [2.05, 4.69) is 22.0 Å². The second-order valence-electron chi connectivity index (χ2n) is 7.37. The average Bonchev–Trinajstić information content (AvgIpc) is 2.89. The molecule has 1 N–H and O–H groups in total. The molecule has 1 atom stereocenters. The highest BCUT2D eigenvalue weighted by Crippen LogP contribution is 2.28. The molecule has 0 aliphatic carbocycles. The van der Waals surface area contributed by atoms with Crippen molar-refractivity contribution in [2.75, 3.05) is 65.6 Å². The first-order chi connectivity index (χ1) is 9.73. The lowest BCUT2D eigenvalue weighted by atomic mass is 9.87. The van der Waals surface area contributed by atoms with E-state index in [1.165, 1.54) is 58.5 Å². The predicted molar refractivity (Wildman–Crippen MR) is 89.3 cm³/mol. The summed E-state index contributed by atoms with van der Waals surface area (Å²) in [6.07, 6.45) is 4.13. The molecule has 0 aromatic carbocycles. The fourth-order valence-electron chi connectivity index (χ4n) is 4.02. The molecule has 0 saturated carbocycles. The van der Waals surface area contributed by atoms with Crippen molar-refractivity contribution in [1.29, 1.82) is 0 Å². The molecule has 0 bridgehead atoms. The molecular formula is C16H32ClN3O. The van der Waals surface area contributed by atoms with Crippen LogP contribution in [0.15, 0.2) is 0 Å². The first-order valence-corrected chi connectivity index (χ1v) is 8.47. The van der Waals surface area contributed by atoms with Crippen molar-refractivity contribution in [2.24, 2.45) is 11.3 Å². The van der Waals surface area contributed by atoms with Crippen LogP contribution in [0, 0.1) is 11.3 Å². The SMILES string of the molecule is CC1(CN2CCC(CN3CCOCC3)CC2)CCNC1.Cl. The molecule has 21 heavy (non-hydrogen) atoms. The molecular weight excluding hydrogens is 286 g/mol. The molecule has 124 valence electrons. The van der Waals surface area contributed by atoms with Crippen LogP contribution in [0.3, 0.4) is 0 Å². The zero-order chi connectivity index (χ0) is 13.8. The minimum Gasteiger partial charge on any atom is -0.379 e. The molecule has 3 aliphatic heterocycles. The van der Waals surface area contributed by atoms with Gasteiger partial charge in [-0.25, -0.2) is 0 Å². The van der Waals surface area contributed by atoms with Gasteiger partial charge in [0.1, 0.15) is 0 Å². The zero-order valence-corrected chi connectivity index (χ0v) is 14.3. The lowest BCUT2D eigenvalue weighted by molar-refractivity contribution is 0.0228. The molecule has 5 heteroatoms. The van der Waals surface area contributed by atoms with Gasteiger partial charge in [0.2, 0.25) is 0 Å². The molecule has 3 rings (SSSR count). The van der Waals surface area contributed by atoms with Crippen molar-refractivity contribution >= 4 is 12.4 Å². The molecule has 3 aliphatic rings. The van der Waals surface area contributed by atoms with Crippen LogP contribution in [0.5, 0.6) is 0 Å². The zero-order valence-electron chi connectivity index (χ0n) is 13.5. The van der Waals surface area contributed by atoms with Gasteiger partial charge in [0, 0.05) is 32.7 Å². The Hall–Kier alpha value is 0.130. The van der Waals surface area contributed by atoms with E-state index in [0.717, 1.165) is 32.2 Å². The Morgan fingerprint density at radius 1 is 1.10 bits per heavy atom. The summed E-state index contributed by atoms with van der Waals surface area (Å²) in [5.41, 5.74) is 0.525. The van der Waals surface area contributed by atoms with Gasteiger partial charge in [-0.3, -0.25) is 4.90 Å². The van der Waals surface area contributed by atoms with Crippen molar-refractivity contribution in [2.45, 2.75) is 26.2 Å². The van der Waals surface area contributed by atoms with E-state index in [4.69, 9.17) is 4.74 Å². The summed E-state index contributed by atoms with van der Waals surface area (Å²) in [4.78, 5) is 5.31. The third-order valence-corrected chi connectivity index (χ3v) is 5.39. The number of morpholine rings is 1. The highest BCUT2D eigenvalue weighted by atomic mass is 35.5. The smallest absolute Gasteiger partial charge is 0.0594 e. The maximum Gasteiger partial charge on any atom is 0.0594 e. The van der Waals surface area contributed by atoms with Crippen LogP contribution >= 0.6 is 12.4 Å². The van der Waals surface area contributed by atoms with Crippen molar-refractivity contribution < 1.29 is 4.74 Å². The van der Waals surface area contributed by atoms with Crippen LogP contribution in [0.2, 0.25) is 0 Å². The second kappa shape index (κ2) is 8.11. The van der Waals surface area contributed by atoms with Gasteiger partial charge in [0.15, 0.2) is 0 Å². The molecule has 0 spiro atoms. The van der Waals surface area contributed by atoms with Gasteiger partial charge in [-0.2, -0.15) is 0 Å². The van der Waals surface area contributed by atoms with E-state index >= 15 is 0 Å². The van der Waals surface area contributed by atoms with Crippen LogP contribution in [0.25, 0.3) is 0 Å². The van der Waals surface area contributed by atoms with Crippen LogP contribution in [-0.4, -0.2) is 75.4 Å². The Bertz CT molecular complexity index is 296. The van der Waals surface area contributed by atoms with Crippen molar-refractivity contribution in [3.05, 3.63) is 0 Å². The number of piperidine rings is 1. The molecule has 3 fully saturated rings. The number of hydrogen-bond donors (Lipinski definition) is 1. The van der Waals surface area contributed by atoms with Crippen LogP contribution < -0.4 is 5.32 Å². The molecule has 1 unspecified atom stereocenters. The number of likely N-dealkylation sites (tertiary alicyclic amines) is 1. The minimum atomic E-state index is 0. The lowest BCUT2D eigenvalue weighted by Gasteiger charge is -2.39. The molecule has 0 radical (unpaired) electrons. The third kappa shape index (κ3) is 5.07. The Labute approximate surface area is 136 Å². The van der Waals surface area contributed by atoms with Crippen LogP contribution in [0.1, 0.15) is 26.2 Å². The number of halogens is 1. The van der Waals surface area contributed by atoms with Crippen LogP contribution in [0.4, 0.5) is 0 Å². The summed E-state index contributed by atoms with van der Waals surface area (Å²) < 4.78 is 5.44. The number of hydrogen-bond acceptors (Lipinski definition) is 4. The van der Waals surface area contributed by atoms with E-state index in [0.29, 0.717) is 5.41 Å². The van der Waals surface area contributed by atoms with Crippen molar-refractivity contribution in [1.82, 2.24) is 15.1 Å². The molecule has 0 amide bonds. The summed E-state index contributed by atoms with van der Waals surface area (Å²) in [5, 5.41) is 3.52. The van der Waals surface area contributed by atoms with Crippen molar-refractivity contribution in [3.63, 3.8) is 0 Å². The number of nitrogens with one attached hydrogen (secondary N) is 1. The summed E-state index contributed by atoms with van der Waals surface area (Å²) in [5.74, 6) is 0.916. The average molecular weight is 318 g/mol. The number of ether oxygens (including phenoxy) is 1. The van der Waals surface area contributed by atoms with Gasteiger partial charge in [-0.1, -0.05) is 6.92 Å². The summed E-state index contributed by atoms with van der Waals surface area (Å²) in [7, 11) is 0. The number of nitrogens with zero attached hydrogens (tertiary/aromatic N) is 2. The van der Waals surface area contributed by atoms with Gasteiger partial charge < -0.3 is 15.0 Å². The normalized spacial score (nSPS) is 33.0. The topological polar surface area (TPSA) is 27.7 Å². The minimum absolute atomic E-state index is 0. The second-order valence-corrected chi connectivity index (χ2v) is 7.37. The fourth-order valence-corrected chi connectivity index (χ4v) is 4.02. The lowest BCUT2D eigenvalue weighted by Crippen LogP contribution is -2.45. The van der Waals surface area contributed by atoms with Gasteiger partial charge >= 0.3 is 0 Å². The van der Waals surface area contributed by atoms with E-state index in [1.807, 2.05) is 0 Å². The van der Waals surface area contributed by atoms with Crippen molar-refractivity contribution in [3.8, 4) is 0 Å². The quantitative estimate of drug-likeness (QED) is 0.849. The third-order valence-electron chi connectivity index (χ3n) is 5.39. The summed E-state index contributed by atoms with van der Waals surface area (Å²) in [6, 6.07) is 0. The van der Waals surface area contributed by atoms with E-state index < -0.39 is 0 Å². The molecule has 3 heterocycles. The summed E-state index contributed by atoms with van der Waals surface area (Å²) >= 11 is 0. The largest absolute Gasteiger partial charge is 0.379 e. The highest BCUT2D eigenvalue weighted by molar-refractivity contribution is 5.85. The molecule has 4 nitrogen and oxygen atoms in total. The first-order valence-electron chi connectivity index (χ1n) is 8.47. The Morgan fingerprint density at radius 2 is 1.81 bits per heavy atom. The highest BCUT2D eigenvalue weighted by Gasteiger charge is 2.32. The van der Waals surface area contributed by atoms with E-state index in [1.54, 1.807) is 0 Å². The van der Waals surface area contributed by atoms with E-state index in [9.17, 15) is 0 Å². The van der Waals surface area contributed by atoms with Gasteiger partial charge in [0.25, 0.3) is 0 Å². The van der Waals surface area contributed by atoms with E-state index in [-0.39, 0.29) is 12.4 Å². The summed E-state index contributed by atoms with van der Waals surface area (Å²) in [6.45, 7) is 14.2. The van der Waals surface area contributed by atoms with Gasteiger partial charge in [-0.15, -0.1) is 12.4 Å². The first kappa shape index (κ1) is 17.5. The molecule has 0 aromatic rings. The number of rotatable bonds is 4. The Balaban J connectivity index is 0.00000161. The van der Waals surface area contributed by atoms with Gasteiger partial charge in [0.05, 0.1) is 13.2 Å². The monoisotopic (exact) mass is 317 g/mol. The maximum absolute atomic E-state index is 5.44. The standard InChI is InChI=1S/C16H31N3O.ClH/c1-16(4-5-17-13-16)14-19-6-2-15(3-7-19)12-18-8-10-20-11-9-18;/h15,17H,2-14H2,1H3;1H. The molecule has 0 aromatic heterocycles. The Morgan fingerprint density at radius 3 is 2.43 bits per heavy atom. The fraction of sp³-hybridized carbons (Fsp3) is 1.00. The predicted octanol–water partition coefficient (Wildman–Crippen LogP) is 1.45. The van der Waals surface area contributed by atoms with Gasteiger partial charge in [-0.05, 0) is 50.2 Å².